The highest BCUT2D eigenvalue weighted by Crippen LogP contribution is 2.23. The summed E-state index contributed by atoms with van der Waals surface area (Å²) in [5, 5.41) is 3.81. The third kappa shape index (κ3) is 3.96. The second kappa shape index (κ2) is 4.71. The number of benzene rings is 1. The van der Waals surface area contributed by atoms with Gasteiger partial charge in [0.25, 0.3) is 0 Å². The number of rotatable bonds is 3. The molecule has 1 nitrogen and oxygen atoms in total. The molecular formula is C13H18ClN. The standard InChI is InChI=1S/C13H18ClN/c1-10(14)9-15-12-7-5-11(6-8-12)13(2,3)4/h5-8,15H,1,9H2,2-4H3. The molecule has 0 bridgehead atoms. The van der Waals surface area contributed by atoms with Crippen LogP contribution in [0.2, 0.25) is 0 Å². The van der Waals surface area contributed by atoms with Gasteiger partial charge in [-0.15, -0.1) is 0 Å². The second-order valence-electron chi connectivity index (χ2n) is 4.70. The smallest absolute Gasteiger partial charge is 0.0501 e. The van der Waals surface area contributed by atoms with Crippen molar-refractivity contribution in [3.8, 4) is 0 Å². The molecule has 0 aromatic heterocycles. The number of nitrogens with one attached hydrogen (secondary N) is 1. The van der Waals surface area contributed by atoms with Gasteiger partial charge in [-0.05, 0) is 23.1 Å². The van der Waals surface area contributed by atoms with Gasteiger partial charge < -0.3 is 5.32 Å². The van der Waals surface area contributed by atoms with E-state index in [1.807, 2.05) is 0 Å². The minimum atomic E-state index is 0.203. The summed E-state index contributed by atoms with van der Waals surface area (Å²) < 4.78 is 0. The van der Waals surface area contributed by atoms with Crippen molar-refractivity contribution in [1.29, 1.82) is 0 Å². The molecule has 0 fully saturated rings. The van der Waals surface area contributed by atoms with Gasteiger partial charge in [-0.25, -0.2) is 0 Å². The lowest BCUT2D eigenvalue weighted by atomic mass is 9.87. The summed E-state index contributed by atoms with van der Waals surface area (Å²) >= 11 is 5.67. The maximum Gasteiger partial charge on any atom is 0.0501 e. The third-order valence-corrected chi connectivity index (χ3v) is 2.37. The molecule has 1 aromatic carbocycles. The summed E-state index contributed by atoms with van der Waals surface area (Å²) in [5.74, 6) is 0. The topological polar surface area (TPSA) is 12.0 Å². The quantitative estimate of drug-likeness (QED) is 0.812. The Morgan fingerprint density at radius 3 is 2.20 bits per heavy atom. The highest BCUT2D eigenvalue weighted by Gasteiger charge is 2.12. The second-order valence-corrected chi connectivity index (χ2v) is 5.23. The molecule has 0 amide bonds. The van der Waals surface area contributed by atoms with Crippen molar-refractivity contribution < 1.29 is 0 Å². The number of anilines is 1. The van der Waals surface area contributed by atoms with E-state index < -0.39 is 0 Å². The van der Waals surface area contributed by atoms with Gasteiger partial charge >= 0.3 is 0 Å². The van der Waals surface area contributed by atoms with E-state index in [0.717, 1.165) is 5.69 Å². The predicted molar refractivity (Wildman–Crippen MR) is 68.6 cm³/mol. The molecule has 0 aliphatic rings. The van der Waals surface area contributed by atoms with Crippen LogP contribution in [0.4, 0.5) is 5.69 Å². The highest BCUT2D eigenvalue weighted by atomic mass is 35.5. The van der Waals surface area contributed by atoms with Crippen molar-refractivity contribution in [2.45, 2.75) is 26.2 Å². The first-order valence-corrected chi connectivity index (χ1v) is 5.45. The molecule has 0 saturated carbocycles. The average molecular weight is 224 g/mol. The Labute approximate surface area is 97.1 Å². The van der Waals surface area contributed by atoms with Gasteiger partial charge in [0, 0.05) is 10.7 Å². The summed E-state index contributed by atoms with van der Waals surface area (Å²) in [7, 11) is 0. The van der Waals surface area contributed by atoms with Crippen LogP contribution in [-0.2, 0) is 5.41 Å². The lowest BCUT2D eigenvalue weighted by Crippen LogP contribution is -2.11. The van der Waals surface area contributed by atoms with Crippen molar-refractivity contribution in [2.75, 3.05) is 11.9 Å². The van der Waals surface area contributed by atoms with Crippen LogP contribution in [-0.4, -0.2) is 6.54 Å². The molecule has 0 aliphatic carbocycles. The van der Waals surface area contributed by atoms with Crippen LogP contribution >= 0.6 is 11.6 Å². The lowest BCUT2D eigenvalue weighted by Gasteiger charge is -2.19. The minimum Gasteiger partial charge on any atom is -0.380 e. The largest absolute Gasteiger partial charge is 0.380 e. The fourth-order valence-electron chi connectivity index (χ4n) is 1.29. The van der Waals surface area contributed by atoms with Gasteiger partial charge in [0.05, 0.1) is 6.54 Å². The van der Waals surface area contributed by atoms with Crippen molar-refractivity contribution in [1.82, 2.24) is 0 Å². The fourth-order valence-corrected chi connectivity index (χ4v) is 1.35. The van der Waals surface area contributed by atoms with Crippen molar-refractivity contribution >= 4 is 17.3 Å². The molecule has 0 aliphatic heterocycles. The maximum atomic E-state index is 5.67. The molecule has 1 N–H and O–H groups in total. The Hall–Kier alpha value is -0.950. The Morgan fingerprint density at radius 2 is 1.80 bits per heavy atom. The fraction of sp³-hybridized carbons (Fsp3) is 0.385. The Bertz CT molecular complexity index is 333. The van der Waals surface area contributed by atoms with Gasteiger partial charge in [-0.1, -0.05) is 51.1 Å². The summed E-state index contributed by atoms with van der Waals surface area (Å²) in [6.07, 6.45) is 0. The molecule has 0 radical (unpaired) electrons. The molecule has 15 heavy (non-hydrogen) atoms. The zero-order valence-corrected chi connectivity index (χ0v) is 10.4. The minimum absolute atomic E-state index is 0.203. The average Bonchev–Trinajstić information content (AvgIpc) is 2.14. The van der Waals surface area contributed by atoms with E-state index in [0.29, 0.717) is 11.6 Å². The van der Waals surface area contributed by atoms with E-state index in [2.05, 4.69) is 56.9 Å². The normalized spacial score (nSPS) is 11.2. The van der Waals surface area contributed by atoms with Crippen molar-refractivity contribution in [3.05, 3.63) is 41.4 Å². The van der Waals surface area contributed by atoms with Gasteiger partial charge in [-0.2, -0.15) is 0 Å². The van der Waals surface area contributed by atoms with Crippen LogP contribution in [0.25, 0.3) is 0 Å². The first kappa shape index (κ1) is 12.1. The van der Waals surface area contributed by atoms with Gasteiger partial charge in [0.15, 0.2) is 0 Å². The molecule has 1 aromatic rings. The Morgan fingerprint density at radius 1 is 1.27 bits per heavy atom. The van der Waals surface area contributed by atoms with Crippen LogP contribution < -0.4 is 5.32 Å². The molecule has 82 valence electrons. The predicted octanol–water partition coefficient (Wildman–Crippen LogP) is 4.15. The Kier molecular flexibility index (Phi) is 3.81. The van der Waals surface area contributed by atoms with Crippen LogP contribution in [0.15, 0.2) is 35.9 Å². The van der Waals surface area contributed by atoms with E-state index in [4.69, 9.17) is 11.6 Å². The molecule has 0 spiro atoms. The summed E-state index contributed by atoms with van der Waals surface area (Å²) in [6, 6.07) is 8.42. The van der Waals surface area contributed by atoms with Gasteiger partial charge in [0.1, 0.15) is 0 Å². The summed E-state index contributed by atoms with van der Waals surface area (Å²) in [6.45, 7) is 10.9. The number of hydrogen-bond donors (Lipinski definition) is 1. The van der Waals surface area contributed by atoms with E-state index >= 15 is 0 Å². The highest BCUT2D eigenvalue weighted by molar-refractivity contribution is 6.29. The van der Waals surface area contributed by atoms with Crippen molar-refractivity contribution in [3.63, 3.8) is 0 Å². The molecule has 0 atom stereocenters. The summed E-state index contributed by atoms with van der Waals surface area (Å²) in [4.78, 5) is 0. The third-order valence-electron chi connectivity index (χ3n) is 2.24. The lowest BCUT2D eigenvalue weighted by molar-refractivity contribution is 0.590. The van der Waals surface area contributed by atoms with Gasteiger partial charge in [-0.3, -0.25) is 0 Å². The Balaban J connectivity index is 2.69. The molecule has 0 heterocycles. The van der Waals surface area contributed by atoms with E-state index in [-0.39, 0.29) is 5.41 Å². The van der Waals surface area contributed by atoms with Gasteiger partial charge in [0.2, 0.25) is 0 Å². The van der Waals surface area contributed by atoms with E-state index in [1.165, 1.54) is 5.56 Å². The first-order valence-electron chi connectivity index (χ1n) is 5.07. The number of hydrogen-bond acceptors (Lipinski definition) is 1. The molecule has 1 rings (SSSR count). The van der Waals surface area contributed by atoms with Crippen LogP contribution in [0.5, 0.6) is 0 Å². The molecule has 0 saturated heterocycles. The molecule has 2 heteroatoms. The summed E-state index contributed by atoms with van der Waals surface area (Å²) in [5.41, 5.74) is 2.61. The van der Waals surface area contributed by atoms with Crippen molar-refractivity contribution in [2.24, 2.45) is 0 Å². The first-order chi connectivity index (χ1) is 6.89. The van der Waals surface area contributed by atoms with Crippen LogP contribution in [0.1, 0.15) is 26.3 Å². The number of halogens is 1. The van der Waals surface area contributed by atoms with Crippen LogP contribution in [0, 0.1) is 0 Å². The molecular weight excluding hydrogens is 206 g/mol. The van der Waals surface area contributed by atoms with E-state index in [9.17, 15) is 0 Å². The zero-order chi connectivity index (χ0) is 11.5. The van der Waals surface area contributed by atoms with E-state index in [1.54, 1.807) is 0 Å². The monoisotopic (exact) mass is 223 g/mol. The molecule has 0 unspecified atom stereocenters. The maximum absolute atomic E-state index is 5.67. The SMILES string of the molecule is C=C(Cl)CNc1ccc(C(C)(C)C)cc1. The zero-order valence-electron chi connectivity index (χ0n) is 9.60. The van der Waals surface area contributed by atoms with Crippen LogP contribution in [0.3, 0.4) is 0 Å².